The van der Waals surface area contributed by atoms with E-state index in [4.69, 9.17) is 0 Å². The number of nitrogens with one attached hydrogen (secondary N) is 1. The van der Waals surface area contributed by atoms with Gasteiger partial charge >= 0.3 is 6.18 Å². The summed E-state index contributed by atoms with van der Waals surface area (Å²) in [7, 11) is 0. The summed E-state index contributed by atoms with van der Waals surface area (Å²) in [5, 5.41) is 1.91. The first-order valence-electron chi connectivity index (χ1n) is 8.81. The molecular formula is C18H21F3N2O2S. The molecule has 0 radical (unpaired) electrons. The smallest absolute Gasteiger partial charge is 0.343 e. The summed E-state index contributed by atoms with van der Waals surface area (Å²) in [6.45, 7) is 1.42. The van der Waals surface area contributed by atoms with Crippen molar-refractivity contribution in [2.75, 3.05) is 18.4 Å². The van der Waals surface area contributed by atoms with E-state index in [1.165, 1.54) is 12.5 Å². The van der Waals surface area contributed by atoms with Crippen LogP contribution in [0.5, 0.6) is 0 Å². The van der Waals surface area contributed by atoms with Crippen LogP contribution in [0.2, 0.25) is 0 Å². The molecule has 1 saturated heterocycles. The molecule has 142 valence electrons. The van der Waals surface area contributed by atoms with E-state index in [2.05, 4.69) is 5.32 Å². The largest absolute Gasteiger partial charge is 0.416 e. The highest BCUT2D eigenvalue weighted by atomic mass is 32.2. The molecule has 1 unspecified atom stereocenters. The zero-order valence-electron chi connectivity index (χ0n) is 14.3. The third-order valence-electron chi connectivity index (χ3n) is 4.70. The summed E-state index contributed by atoms with van der Waals surface area (Å²) in [4.78, 5) is 27.2. The molecule has 0 spiro atoms. The molecule has 0 aromatic heterocycles. The Kier molecular flexibility index (Phi) is 5.79. The second-order valence-corrected chi connectivity index (χ2v) is 7.90. The van der Waals surface area contributed by atoms with Crippen LogP contribution < -0.4 is 5.32 Å². The van der Waals surface area contributed by atoms with Crippen LogP contribution in [0, 0.1) is 0 Å². The summed E-state index contributed by atoms with van der Waals surface area (Å²) in [6.07, 6.45) is 0.964. The van der Waals surface area contributed by atoms with Crippen molar-refractivity contribution in [1.29, 1.82) is 0 Å². The van der Waals surface area contributed by atoms with Crippen LogP contribution >= 0.6 is 11.8 Å². The van der Waals surface area contributed by atoms with Gasteiger partial charge in [0.25, 0.3) is 0 Å². The number of carbonyl (C=O) groups excluding carboxylic acids is 2. The predicted octanol–water partition coefficient (Wildman–Crippen LogP) is 4.30. The Morgan fingerprint density at radius 2 is 1.81 bits per heavy atom. The first-order valence-corrected chi connectivity index (χ1v) is 9.69. The van der Waals surface area contributed by atoms with E-state index < -0.39 is 22.9 Å². The number of amides is 2. The van der Waals surface area contributed by atoms with E-state index in [1.54, 1.807) is 0 Å². The number of fused-ring (bicyclic) bond motifs is 1. The molecule has 0 saturated carbocycles. The van der Waals surface area contributed by atoms with Crippen LogP contribution in [-0.2, 0) is 15.8 Å². The van der Waals surface area contributed by atoms with Crippen molar-refractivity contribution in [3.63, 3.8) is 0 Å². The van der Waals surface area contributed by atoms with Gasteiger partial charge in [-0.2, -0.15) is 13.2 Å². The number of benzene rings is 1. The van der Waals surface area contributed by atoms with Crippen LogP contribution in [0.3, 0.4) is 0 Å². The van der Waals surface area contributed by atoms with Gasteiger partial charge in [0.1, 0.15) is 0 Å². The number of alkyl halides is 3. The van der Waals surface area contributed by atoms with Gasteiger partial charge in [-0.3, -0.25) is 9.59 Å². The second kappa shape index (κ2) is 7.90. The van der Waals surface area contributed by atoms with Crippen molar-refractivity contribution < 1.29 is 22.8 Å². The molecule has 2 heterocycles. The number of hydrogen-bond acceptors (Lipinski definition) is 3. The fourth-order valence-electron chi connectivity index (χ4n) is 3.25. The van der Waals surface area contributed by atoms with Crippen molar-refractivity contribution in [3.05, 3.63) is 23.8 Å². The standard InChI is InChI=1S/C18H21F3N2O2S/c19-18(20,21)12-6-7-14-13(10-12)22-17(25)15(26-14)11-16(24)23-8-4-2-1-3-5-9-23/h6-7,10,15H,1-5,8-9,11H2,(H,22,25). The highest BCUT2D eigenvalue weighted by molar-refractivity contribution is 8.01. The van der Waals surface area contributed by atoms with Crippen LogP contribution in [0.15, 0.2) is 23.1 Å². The number of likely N-dealkylation sites (tertiary alicyclic amines) is 1. The minimum absolute atomic E-state index is 0.0603. The normalized spacial score (nSPS) is 21.4. The van der Waals surface area contributed by atoms with Gasteiger partial charge in [-0.15, -0.1) is 11.8 Å². The molecule has 1 fully saturated rings. The number of carbonyl (C=O) groups is 2. The molecule has 26 heavy (non-hydrogen) atoms. The fourth-order valence-corrected chi connectivity index (χ4v) is 4.33. The van der Waals surface area contributed by atoms with Crippen molar-refractivity contribution in [1.82, 2.24) is 4.90 Å². The van der Waals surface area contributed by atoms with Crippen molar-refractivity contribution in [2.24, 2.45) is 0 Å². The van der Waals surface area contributed by atoms with E-state index in [9.17, 15) is 22.8 Å². The van der Waals surface area contributed by atoms with E-state index in [1.807, 2.05) is 4.90 Å². The molecule has 8 heteroatoms. The number of rotatable bonds is 2. The molecule has 2 aliphatic heterocycles. The van der Waals surface area contributed by atoms with Crippen LogP contribution in [0.25, 0.3) is 0 Å². The summed E-state index contributed by atoms with van der Waals surface area (Å²) in [5.74, 6) is -0.475. The van der Waals surface area contributed by atoms with Crippen LogP contribution in [-0.4, -0.2) is 35.1 Å². The lowest BCUT2D eigenvalue weighted by atomic mass is 10.1. The van der Waals surface area contributed by atoms with Crippen molar-refractivity contribution in [2.45, 2.75) is 54.8 Å². The number of halogens is 3. The Balaban J connectivity index is 1.67. The summed E-state index contributed by atoms with van der Waals surface area (Å²) >= 11 is 1.16. The SMILES string of the molecule is O=C1Nc2cc(C(F)(F)F)ccc2SC1CC(=O)N1CCCCCCC1. The van der Waals surface area contributed by atoms with Crippen molar-refractivity contribution >= 4 is 29.3 Å². The lowest BCUT2D eigenvalue weighted by Crippen LogP contribution is -2.39. The van der Waals surface area contributed by atoms with Gasteiger partial charge in [-0.1, -0.05) is 19.3 Å². The fraction of sp³-hybridized carbons (Fsp3) is 0.556. The lowest BCUT2D eigenvalue weighted by molar-refractivity contribution is -0.137. The Morgan fingerprint density at radius 3 is 2.46 bits per heavy atom. The molecule has 2 amide bonds. The summed E-state index contributed by atoms with van der Waals surface area (Å²) in [5.41, 5.74) is -0.642. The molecule has 1 aromatic carbocycles. The molecule has 2 aliphatic rings. The maximum atomic E-state index is 12.8. The topological polar surface area (TPSA) is 49.4 Å². The average molecular weight is 386 g/mol. The maximum Gasteiger partial charge on any atom is 0.416 e. The molecule has 1 N–H and O–H groups in total. The number of nitrogens with zero attached hydrogens (tertiary/aromatic N) is 1. The zero-order chi connectivity index (χ0) is 18.7. The molecule has 0 aliphatic carbocycles. The Labute approximate surface area is 154 Å². The monoisotopic (exact) mass is 386 g/mol. The molecule has 0 bridgehead atoms. The number of anilines is 1. The molecule has 1 aromatic rings. The van der Waals surface area contributed by atoms with E-state index in [-0.39, 0.29) is 18.0 Å². The quantitative estimate of drug-likeness (QED) is 0.824. The van der Waals surface area contributed by atoms with Crippen LogP contribution in [0.4, 0.5) is 18.9 Å². The second-order valence-electron chi connectivity index (χ2n) is 6.66. The average Bonchev–Trinajstić information content (AvgIpc) is 2.53. The highest BCUT2D eigenvalue weighted by Crippen LogP contribution is 2.40. The van der Waals surface area contributed by atoms with E-state index >= 15 is 0 Å². The van der Waals surface area contributed by atoms with Gasteiger partial charge in [0, 0.05) is 24.4 Å². The molecule has 3 rings (SSSR count). The molecule has 4 nitrogen and oxygen atoms in total. The lowest BCUT2D eigenvalue weighted by Gasteiger charge is -2.28. The van der Waals surface area contributed by atoms with Gasteiger partial charge in [0.15, 0.2) is 0 Å². The van der Waals surface area contributed by atoms with Crippen molar-refractivity contribution in [3.8, 4) is 0 Å². The predicted molar refractivity (Wildman–Crippen MR) is 94.0 cm³/mol. The van der Waals surface area contributed by atoms with Gasteiger partial charge in [0.05, 0.1) is 16.5 Å². The minimum atomic E-state index is -4.46. The van der Waals surface area contributed by atoms with Crippen LogP contribution in [0.1, 0.15) is 44.1 Å². The van der Waals surface area contributed by atoms with E-state index in [0.29, 0.717) is 18.0 Å². The third kappa shape index (κ3) is 4.52. The van der Waals surface area contributed by atoms with Gasteiger partial charge < -0.3 is 10.2 Å². The Morgan fingerprint density at radius 1 is 1.15 bits per heavy atom. The first-order chi connectivity index (χ1) is 12.3. The summed E-state index contributed by atoms with van der Waals surface area (Å²) < 4.78 is 38.4. The highest BCUT2D eigenvalue weighted by Gasteiger charge is 2.34. The molecule has 1 atom stereocenters. The van der Waals surface area contributed by atoms with Gasteiger partial charge in [-0.25, -0.2) is 0 Å². The van der Waals surface area contributed by atoms with Gasteiger partial charge in [-0.05, 0) is 31.0 Å². The zero-order valence-corrected chi connectivity index (χ0v) is 15.1. The van der Waals surface area contributed by atoms with Gasteiger partial charge in [0.2, 0.25) is 11.8 Å². The Hall–Kier alpha value is -1.70. The number of hydrogen-bond donors (Lipinski definition) is 1. The molecular weight excluding hydrogens is 365 g/mol. The summed E-state index contributed by atoms with van der Waals surface area (Å²) in [6, 6.07) is 3.30. The Bertz CT molecular complexity index is 686. The first kappa shape index (κ1) is 19.1. The van der Waals surface area contributed by atoms with E-state index in [0.717, 1.165) is 49.6 Å². The minimum Gasteiger partial charge on any atom is -0.343 e. The maximum absolute atomic E-state index is 12.8. The third-order valence-corrected chi connectivity index (χ3v) is 5.97. The number of thioether (sulfide) groups is 1.